The van der Waals surface area contributed by atoms with E-state index >= 15 is 0 Å². The molecular formula is C19H19Cl2N3O4. The van der Waals surface area contributed by atoms with Gasteiger partial charge >= 0.3 is 0 Å². The van der Waals surface area contributed by atoms with E-state index in [-0.39, 0.29) is 5.69 Å². The summed E-state index contributed by atoms with van der Waals surface area (Å²) in [6, 6.07) is 8.39. The van der Waals surface area contributed by atoms with Crippen LogP contribution in [0.15, 0.2) is 46.6 Å². The van der Waals surface area contributed by atoms with Crippen molar-refractivity contribution in [3.8, 4) is 11.5 Å². The van der Waals surface area contributed by atoms with E-state index in [4.69, 9.17) is 32.9 Å². The van der Waals surface area contributed by atoms with Gasteiger partial charge in [-0.25, -0.2) is 4.42 Å². The molecule has 0 radical (unpaired) electrons. The first-order chi connectivity index (χ1) is 13.3. The van der Waals surface area contributed by atoms with Gasteiger partial charge in [-0.2, -0.15) is 10.2 Å². The number of rotatable bonds is 7. The molecular weight excluding hydrogens is 405 g/mol. The molecule has 0 saturated carbocycles. The van der Waals surface area contributed by atoms with Crippen LogP contribution in [0.2, 0.25) is 5.02 Å². The number of benzene rings is 2. The van der Waals surface area contributed by atoms with Gasteiger partial charge in [0.15, 0.2) is 5.78 Å². The van der Waals surface area contributed by atoms with Crippen LogP contribution in [-0.2, 0) is 9.59 Å². The monoisotopic (exact) mass is 423 g/mol. The van der Waals surface area contributed by atoms with E-state index in [0.29, 0.717) is 22.2 Å². The molecule has 1 amide bonds. The van der Waals surface area contributed by atoms with Crippen LogP contribution in [0.4, 0.5) is 11.4 Å². The molecule has 1 atom stereocenters. The highest BCUT2D eigenvalue weighted by Gasteiger charge is 2.30. The van der Waals surface area contributed by atoms with E-state index in [1.165, 1.54) is 27.2 Å². The number of Topliss-reactive ketones (excluding diaryl/α,β-unsaturated/α-hetero) is 1. The third-order valence-electron chi connectivity index (χ3n) is 3.73. The Morgan fingerprint density at radius 3 is 2.39 bits per heavy atom. The minimum Gasteiger partial charge on any atom is -0.497 e. The predicted molar refractivity (Wildman–Crippen MR) is 108 cm³/mol. The number of ether oxygens (including phenoxy) is 2. The number of carbonyl (C=O) groups excluding carboxylic acids is 2. The van der Waals surface area contributed by atoms with Gasteiger partial charge in [0.05, 0.1) is 19.9 Å². The molecule has 148 valence electrons. The molecule has 0 saturated heterocycles. The summed E-state index contributed by atoms with van der Waals surface area (Å²) in [5.41, 5.74) is 1.50. The van der Waals surface area contributed by atoms with Gasteiger partial charge in [-0.3, -0.25) is 9.59 Å². The molecule has 0 aliphatic heterocycles. The van der Waals surface area contributed by atoms with Crippen LogP contribution in [0.5, 0.6) is 11.5 Å². The third kappa shape index (κ3) is 5.21. The Labute approximate surface area is 173 Å². The second-order valence-corrected chi connectivity index (χ2v) is 6.65. The summed E-state index contributed by atoms with van der Waals surface area (Å²) < 4.78 is 11.1. The summed E-state index contributed by atoms with van der Waals surface area (Å²) in [6.07, 6.45) is 0. The lowest BCUT2D eigenvalue weighted by molar-refractivity contribution is -0.126. The number of hydrogen-bond donors (Lipinski definition) is 0. The number of hydrogen-bond acceptors (Lipinski definition) is 6. The van der Waals surface area contributed by atoms with Crippen molar-refractivity contribution in [2.75, 3.05) is 18.6 Å². The van der Waals surface area contributed by atoms with E-state index in [2.05, 4.69) is 10.2 Å². The lowest BCUT2D eigenvalue weighted by atomic mass is 10.2. The fourth-order valence-corrected chi connectivity index (χ4v) is 2.89. The van der Waals surface area contributed by atoms with Gasteiger partial charge < -0.3 is 9.47 Å². The van der Waals surface area contributed by atoms with Crippen molar-refractivity contribution in [3.63, 3.8) is 0 Å². The molecule has 7 nitrogen and oxygen atoms in total. The summed E-state index contributed by atoms with van der Waals surface area (Å²) in [7, 11) is 2.91. The molecule has 28 heavy (non-hydrogen) atoms. The fraction of sp³-hybridized carbons (Fsp3) is 0.263. The summed E-state index contributed by atoms with van der Waals surface area (Å²) in [4.78, 5) is 24.8. The first-order valence-corrected chi connectivity index (χ1v) is 8.88. The molecule has 2 aromatic carbocycles. The predicted octanol–water partition coefficient (Wildman–Crippen LogP) is 4.89. The molecule has 2 rings (SSSR count). The molecule has 0 aliphatic carbocycles. The van der Waals surface area contributed by atoms with Crippen molar-refractivity contribution in [2.24, 2.45) is 10.2 Å². The van der Waals surface area contributed by atoms with Crippen molar-refractivity contribution in [2.45, 2.75) is 19.9 Å². The lowest BCUT2D eigenvalue weighted by Crippen LogP contribution is -2.36. The number of nitrogens with zero attached hydrogens (tertiary/aromatic N) is 3. The zero-order valence-electron chi connectivity index (χ0n) is 15.8. The van der Waals surface area contributed by atoms with E-state index in [1.807, 2.05) is 6.92 Å². The van der Waals surface area contributed by atoms with Gasteiger partial charge in [0.25, 0.3) is 5.91 Å². The zero-order chi connectivity index (χ0) is 20.8. The summed E-state index contributed by atoms with van der Waals surface area (Å²) >= 11 is 12.2. The Hall–Kier alpha value is -2.64. The Bertz CT molecular complexity index is 898. The van der Waals surface area contributed by atoms with Crippen LogP contribution in [0.3, 0.4) is 0 Å². The third-order valence-corrected chi connectivity index (χ3v) is 4.29. The molecule has 0 aromatic heterocycles. The largest absolute Gasteiger partial charge is 0.497 e. The highest BCUT2D eigenvalue weighted by Crippen LogP contribution is 2.34. The average Bonchev–Trinajstić information content (AvgIpc) is 2.65. The van der Waals surface area contributed by atoms with Crippen molar-refractivity contribution in [3.05, 3.63) is 47.0 Å². The van der Waals surface area contributed by atoms with E-state index in [9.17, 15) is 9.59 Å². The highest BCUT2D eigenvalue weighted by molar-refractivity contribution is 6.39. The first kappa shape index (κ1) is 21.7. The quantitative estimate of drug-likeness (QED) is 0.360. The average molecular weight is 424 g/mol. The first-order valence-electron chi connectivity index (χ1n) is 8.17. The number of azo groups is 1. The van der Waals surface area contributed by atoms with Gasteiger partial charge in [-0.05, 0) is 49.7 Å². The standard InChI is InChI=1S/C19H19Cl2N3O4/c1-11-7-13(20)9-14(8-11)22-23-18(12(2)25)19(26)24(21)16-10-15(27-3)5-6-17(16)28-4/h5-10,18H,1-4H3. The molecule has 1 unspecified atom stereocenters. The number of carbonyl (C=O) groups is 2. The van der Waals surface area contributed by atoms with E-state index in [1.54, 1.807) is 30.3 Å². The molecule has 0 heterocycles. The Kier molecular flexibility index (Phi) is 7.37. The van der Waals surface area contributed by atoms with Crippen molar-refractivity contribution in [1.82, 2.24) is 0 Å². The van der Waals surface area contributed by atoms with Gasteiger partial charge in [0, 0.05) is 22.9 Å². The maximum atomic E-state index is 12.8. The maximum absolute atomic E-state index is 12.8. The normalized spacial score (nSPS) is 11.9. The molecule has 0 spiro atoms. The zero-order valence-corrected chi connectivity index (χ0v) is 17.3. The molecule has 0 N–H and O–H groups in total. The number of anilines is 1. The second-order valence-electron chi connectivity index (χ2n) is 5.87. The maximum Gasteiger partial charge on any atom is 0.276 e. The number of amides is 1. The van der Waals surface area contributed by atoms with Crippen molar-refractivity contribution < 1.29 is 19.1 Å². The molecule has 9 heteroatoms. The van der Waals surface area contributed by atoms with Crippen molar-refractivity contribution >= 4 is 46.4 Å². The van der Waals surface area contributed by atoms with E-state index in [0.717, 1.165) is 9.98 Å². The second kappa shape index (κ2) is 9.52. The minimum atomic E-state index is -1.42. The van der Waals surface area contributed by atoms with Crippen LogP contribution in [0.25, 0.3) is 0 Å². The fourth-order valence-electron chi connectivity index (χ4n) is 2.38. The van der Waals surface area contributed by atoms with Gasteiger partial charge in [-0.15, -0.1) is 0 Å². The van der Waals surface area contributed by atoms with Crippen molar-refractivity contribution in [1.29, 1.82) is 0 Å². The van der Waals surface area contributed by atoms with Crippen LogP contribution in [0.1, 0.15) is 12.5 Å². The van der Waals surface area contributed by atoms with Crippen LogP contribution < -0.4 is 13.9 Å². The van der Waals surface area contributed by atoms with E-state index < -0.39 is 17.7 Å². The lowest BCUT2D eigenvalue weighted by Gasteiger charge is -2.19. The molecule has 0 aliphatic rings. The number of halogens is 2. The summed E-state index contributed by atoms with van der Waals surface area (Å²) in [5.74, 6) is -0.498. The van der Waals surface area contributed by atoms with Gasteiger partial charge in [0.1, 0.15) is 17.2 Å². The number of methoxy groups -OCH3 is 2. The van der Waals surface area contributed by atoms with Crippen LogP contribution in [0, 0.1) is 6.92 Å². The van der Waals surface area contributed by atoms with Crippen LogP contribution in [-0.4, -0.2) is 32.0 Å². The highest BCUT2D eigenvalue weighted by atomic mass is 35.5. The Morgan fingerprint density at radius 2 is 1.82 bits per heavy atom. The molecule has 0 fully saturated rings. The Balaban J connectivity index is 2.34. The SMILES string of the molecule is COc1ccc(OC)c(N(Cl)C(=O)C(N=Nc2cc(C)cc(Cl)c2)C(C)=O)c1. The minimum absolute atomic E-state index is 0.216. The van der Waals surface area contributed by atoms with Gasteiger partial charge in [-0.1, -0.05) is 11.6 Å². The number of aryl methyl sites for hydroxylation is 1. The summed E-state index contributed by atoms with van der Waals surface area (Å²) in [6.45, 7) is 3.08. The number of ketones is 1. The Morgan fingerprint density at radius 1 is 1.11 bits per heavy atom. The topological polar surface area (TPSA) is 80.6 Å². The van der Waals surface area contributed by atoms with Gasteiger partial charge in [0.2, 0.25) is 6.04 Å². The molecule has 2 aromatic rings. The summed E-state index contributed by atoms with van der Waals surface area (Å²) in [5, 5.41) is 8.34. The smallest absolute Gasteiger partial charge is 0.276 e. The molecule has 0 bridgehead atoms. The van der Waals surface area contributed by atoms with Crippen LogP contribution >= 0.6 is 23.4 Å².